The highest BCUT2D eigenvalue weighted by Gasteiger charge is 2.32. The maximum Gasteiger partial charge on any atom is 0.317 e. The number of hydrogen-bond donors (Lipinski definition) is 1. The molecule has 32 heavy (non-hydrogen) atoms. The summed E-state index contributed by atoms with van der Waals surface area (Å²) in [5, 5.41) is 7.19. The van der Waals surface area contributed by atoms with Gasteiger partial charge in [-0.15, -0.1) is 0 Å². The third-order valence-electron chi connectivity index (χ3n) is 6.92. The minimum absolute atomic E-state index is 0.106. The highest BCUT2D eigenvalue weighted by molar-refractivity contribution is 5.84. The van der Waals surface area contributed by atoms with E-state index < -0.39 is 7.04 Å². The highest BCUT2D eigenvalue weighted by atomic mass is 16.5. The first-order valence-corrected chi connectivity index (χ1v) is 11.3. The average Bonchev–Trinajstić information content (AvgIpc) is 3.34. The molecule has 8 heteroatoms. The van der Waals surface area contributed by atoms with Crippen LogP contribution in [0.2, 0.25) is 0 Å². The predicted molar refractivity (Wildman–Crippen MR) is 122 cm³/mol. The fourth-order valence-corrected chi connectivity index (χ4v) is 5.17. The van der Waals surface area contributed by atoms with Gasteiger partial charge in [0.25, 0.3) is 0 Å². The van der Waals surface area contributed by atoms with E-state index in [1.807, 2.05) is 13.8 Å². The molecular weight excluding hydrogens is 406 g/mol. The van der Waals surface area contributed by atoms with E-state index in [9.17, 15) is 4.79 Å². The van der Waals surface area contributed by atoms with Gasteiger partial charge in [0, 0.05) is 32.2 Å². The van der Waals surface area contributed by atoms with Gasteiger partial charge >= 0.3 is 6.03 Å². The second-order valence-electron chi connectivity index (χ2n) is 9.00. The van der Waals surface area contributed by atoms with Crippen LogP contribution < -0.4 is 5.32 Å². The zero-order valence-corrected chi connectivity index (χ0v) is 18.7. The maximum atomic E-state index is 12.4. The molecule has 3 heterocycles. The fourth-order valence-electron chi connectivity index (χ4n) is 5.17. The average molecular weight is 441 g/mol. The lowest BCUT2D eigenvalue weighted by Gasteiger charge is -2.34. The number of urea groups is 1. The summed E-state index contributed by atoms with van der Waals surface area (Å²) in [5.41, 5.74) is 4.65. The molecule has 2 aromatic heterocycles. The first kappa shape index (κ1) is 17.7. The minimum atomic E-state index is -2.38. The Morgan fingerprint density at radius 1 is 1.22 bits per heavy atom. The van der Waals surface area contributed by atoms with Gasteiger partial charge < -0.3 is 24.0 Å². The molecule has 2 fully saturated rings. The number of methoxy groups -OCH3 is 1. The molecule has 1 aliphatic heterocycles. The van der Waals surface area contributed by atoms with E-state index in [0.29, 0.717) is 19.4 Å². The Morgan fingerprint density at radius 2 is 2.03 bits per heavy atom. The van der Waals surface area contributed by atoms with Crippen molar-refractivity contribution in [2.75, 3.05) is 20.6 Å². The van der Waals surface area contributed by atoms with E-state index in [0.717, 1.165) is 58.7 Å². The van der Waals surface area contributed by atoms with Crippen LogP contribution in [0.5, 0.6) is 0 Å². The Balaban J connectivity index is 1.52. The fraction of sp³-hybridized carbons (Fsp3) is 0.542. The first-order valence-electron chi connectivity index (χ1n) is 12.8. The largest absolute Gasteiger partial charge is 0.381 e. The second-order valence-corrected chi connectivity index (χ2v) is 9.00. The Hall–Kier alpha value is -2.87. The molecule has 8 nitrogen and oxygen atoms in total. The summed E-state index contributed by atoms with van der Waals surface area (Å²) in [5.74, 6) is 1.61. The van der Waals surface area contributed by atoms with Crippen molar-refractivity contribution in [3.8, 4) is 11.1 Å². The molecular formula is C24H31N5O3. The summed E-state index contributed by atoms with van der Waals surface area (Å²) in [4.78, 5) is 19.1. The van der Waals surface area contributed by atoms with Crippen molar-refractivity contribution in [2.24, 2.45) is 0 Å². The van der Waals surface area contributed by atoms with Crippen LogP contribution >= 0.6 is 0 Å². The maximum absolute atomic E-state index is 12.4. The van der Waals surface area contributed by atoms with Crippen molar-refractivity contribution in [3.63, 3.8) is 0 Å². The molecule has 170 valence electrons. The number of amides is 2. The summed E-state index contributed by atoms with van der Waals surface area (Å²) in [6.45, 7) is 4.48. The number of imidazole rings is 1. The number of aryl methyl sites for hydroxylation is 2. The van der Waals surface area contributed by atoms with Crippen LogP contribution in [0.3, 0.4) is 0 Å². The predicted octanol–water partition coefficient (Wildman–Crippen LogP) is 4.52. The summed E-state index contributed by atoms with van der Waals surface area (Å²) < 4.78 is 35.2. The third kappa shape index (κ3) is 3.56. The van der Waals surface area contributed by atoms with E-state index in [1.165, 1.54) is 0 Å². The second kappa shape index (κ2) is 8.24. The Bertz CT molecular complexity index is 1220. The molecule has 1 atom stereocenters. The third-order valence-corrected chi connectivity index (χ3v) is 6.92. The number of hydrogen-bond acceptors (Lipinski definition) is 5. The van der Waals surface area contributed by atoms with Gasteiger partial charge in [0.1, 0.15) is 11.6 Å². The van der Waals surface area contributed by atoms with Gasteiger partial charge in [-0.25, -0.2) is 9.78 Å². The van der Waals surface area contributed by atoms with Gasteiger partial charge in [-0.2, -0.15) is 0 Å². The van der Waals surface area contributed by atoms with E-state index in [2.05, 4.69) is 33.2 Å². The zero-order chi connectivity index (χ0) is 24.9. The lowest BCUT2D eigenvalue weighted by Crippen LogP contribution is -2.46. The summed E-state index contributed by atoms with van der Waals surface area (Å²) in [6, 6.07) is 6.05. The van der Waals surface area contributed by atoms with Gasteiger partial charge in [0.05, 0.1) is 33.0 Å². The van der Waals surface area contributed by atoms with E-state index in [4.69, 9.17) is 18.4 Å². The van der Waals surface area contributed by atoms with Crippen LogP contribution in [0.15, 0.2) is 22.7 Å². The Morgan fingerprint density at radius 3 is 2.72 bits per heavy atom. The molecule has 0 unspecified atom stereocenters. The van der Waals surface area contributed by atoms with Crippen molar-refractivity contribution in [3.05, 3.63) is 35.5 Å². The van der Waals surface area contributed by atoms with Crippen molar-refractivity contribution in [1.29, 1.82) is 0 Å². The number of nitrogens with zero attached hydrogens (tertiary/aromatic N) is 4. The summed E-state index contributed by atoms with van der Waals surface area (Å²) in [6.07, 6.45) is 3.39. The normalized spacial score (nSPS) is 26.0. The standard InChI is InChI=1S/C24H31N5O3/c1-14-22(15(2)32-27-14)16-5-10-21-20(13-16)25-23(19-11-12-28(3)24(30)26-19)29(21)17-6-8-18(31-4)9-7-17/h5,10,13,17-19H,6-9,11-12H2,1-4H3,(H,26,30)/t17-,18-,19-/m0/s1/i4D3. The van der Waals surface area contributed by atoms with Gasteiger partial charge in [-0.1, -0.05) is 11.2 Å². The molecule has 2 amide bonds. The number of aromatic nitrogens is 3. The van der Waals surface area contributed by atoms with Crippen molar-refractivity contribution >= 4 is 17.1 Å². The van der Waals surface area contributed by atoms with Crippen molar-refractivity contribution in [1.82, 2.24) is 24.9 Å². The minimum Gasteiger partial charge on any atom is -0.381 e. The van der Waals surface area contributed by atoms with E-state index >= 15 is 0 Å². The smallest absolute Gasteiger partial charge is 0.317 e. The number of fused-ring (bicyclic) bond motifs is 1. The van der Waals surface area contributed by atoms with Gasteiger partial charge in [-0.05, 0) is 63.6 Å². The number of carbonyl (C=O) groups excluding carboxylic acids is 1. The Kier molecular flexibility index (Phi) is 4.55. The van der Waals surface area contributed by atoms with Gasteiger partial charge in [-0.3, -0.25) is 0 Å². The highest BCUT2D eigenvalue weighted by Crippen LogP contribution is 2.38. The summed E-state index contributed by atoms with van der Waals surface area (Å²) >= 11 is 0. The van der Waals surface area contributed by atoms with E-state index in [-0.39, 0.29) is 24.2 Å². The van der Waals surface area contributed by atoms with E-state index in [1.54, 1.807) is 11.9 Å². The molecule has 0 bridgehead atoms. The lowest BCUT2D eigenvalue weighted by molar-refractivity contribution is 0.0583. The van der Waals surface area contributed by atoms with Crippen LogP contribution in [0.1, 0.15) is 65.6 Å². The molecule has 5 rings (SSSR count). The molecule has 1 N–H and O–H groups in total. The van der Waals surface area contributed by atoms with Crippen molar-refractivity contribution in [2.45, 2.75) is 64.1 Å². The number of rotatable bonds is 4. The van der Waals surface area contributed by atoms with Crippen LogP contribution in [0.25, 0.3) is 22.2 Å². The number of benzene rings is 1. The van der Waals surface area contributed by atoms with Gasteiger partial charge in [0.2, 0.25) is 0 Å². The number of nitrogens with one attached hydrogen (secondary N) is 1. The van der Waals surface area contributed by atoms with Crippen LogP contribution in [-0.2, 0) is 4.74 Å². The first-order chi connectivity index (χ1) is 16.6. The molecule has 0 radical (unpaired) electrons. The molecule has 1 aromatic carbocycles. The topological polar surface area (TPSA) is 85.4 Å². The molecule has 1 saturated carbocycles. The van der Waals surface area contributed by atoms with Crippen LogP contribution in [0, 0.1) is 13.8 Å². The molecule has 2 aliphatic rings. The quantitative estimate of drug-likeness (QED) is 0.644. The number of carbonyl (C=O) groups is 1. The molecule has 0 spiro atoms. The SMILES string of the molecule is [2H]C([2H])([2H])O[C@H]1CC[C@H](n2c([C@@H]3CCN(C)C(=O)N3)nc3cc(-c4c(C)noc4C)ccc32)CC1. The van der Waals surface area contributed by atoms with Crippen LogP contribution in [-0.4, -0.2) is 52.4 Å². The number of ether oxygens (including phenoxy) is 1. The van der Waals surface area contributed by atoms with Crippen molar-refractivity contribution < 1.29 is 18.2 Å². The Labute approximate surface area is 192 Å². The molecule has 1 aliphatic carbocycles. The molecule has 3 aromatic rings. The molecule has 1 saturated heterocycles. The monoisotopic (exact) mass is 440 g/mol. The van der Waals surface area contributed by atoms with Gasteiger partial charge in [0.15, 0.2) is 0 Å². The van der Waals surface area contributed by atoms with Crippen LogP contribution in [0.4, 0.5) is 4.79 Å². The lowest BCUT2D eigenvalue weighted by atomic mass is 9.92. The summed E-state index contributed by atoms with van der Waals surface area (Å²) in [7, 11) is -0.589. The zero-order valence-electron chi connectivity index (χ0n) is 21.7.